The van der Waals surface area contributed by atoms with E-state index in [1.165, 1.54) is 25.4 Å². The molecule has 1 N–H and O–H groups in total. The molecule has 0 saturated carbocycles. The van der Waals surface area contributed by atoms with Gasteiger partial charge in [0, 0.05) is 45.5 Å². The molecule has 0 aliphatic carbocycles. The summed E-state index contributed by atoms with van der Waals surface area (Å²) in [4.78, 5) is 35.4. The third-order valence-electron chi connectivity index (χ3n) is 4.11. The molecule has 26 heavy (non-hydrogen) atoms. The van der Waals surface area contributed by atoms with Gasteiger partial charge in [0.05, 0.1) is 5.56 Å². The molecule has 1 fully saturated rings. The molecular weight excluding hydrogens is 344 g/mol. The van der Waals surface area contributed by atoms with Crippen LogP contribution in [0.15, 0.2) is 30.6 Å². The van der Waals surface area contributed by atoms with Crippen LogP contribution in [0.2, 0.25) is 0 Å². The fourth-order valence-corrected chi connectivity index (χ4v) is 2.63. The van der Waals surface area contributed by atoms with Crippen molar-refractivity contribution >= 4 is 23.5 Å². The number of hydrogen-bond acceptors (Lipinski definition) is 5. The Kier molecular flexibility index (Phi) is 5.06. The molecule has 0 bridgehead atoms. The van der Waals surface area contributed by atoms with E-state index in [1.54, 1.807) is 4.90 Å². The average molecular weight is 361 g/mol. The van der Waals surface area contributed by atoms with Gasteiger partial charge in [-0.05, 0) is 12.1 Å². The summed E-state index contributed by atoms with van der Waals surface area (Å²) in [7, 11) is 0. The number of anilines is 2. The Balaban J connectivity index is 1.66. The lowest BCUT2D eigenvalue weighted by Gasteiger charge is -2.34. The van der Waals surface area contributed by atoms with Gasteiger partial charge in [-0.25, -0.2) is 18.7 Å². The van der Waals surface area contributed by atoms with Gasteiger partial charge in [0.15, 0.2) is 0 Å². The maximum absolute atomic E-state index is 13.6. The highest BCUT2D eigenvalue weighted by molar-refractivity contribution is 6.04. The highest BCUT2D eigenvalue weighted by Gasteiger charge is 2.21. The van der Waals surface area contributed by atoms with E-state index < -0.39 is 23.2 Å². The Bertz CT molecular complexity index is 800. The number of benzene rings is 1. The van der Waals surface area contributed by atoms with Crippen LogP contribution in [0.25, 0.3) is 0 Å². The van der Waals surface area contributed by atoms with Crippen molar-refractivity contribution in [3.05, 3.63) is 47.8 Å². The first-order valence-electron chi connectivity index (χ1n) is 8.03. The van der Waals surface area contributed by atoms with Gasteiger partial charge in [-0.3, -0.25) is 9.59 Å². The van der Waals surface area contributed by atoms with Crippen LogP contribution in [0.3, 0.4) is 0 Å². The highest BCUT2D eigenvalue weighted by Crippen LogP contribution is 2.19. The number of carbonyl (C=O) groups excluding carboxylic acids is 2. The first-order chi connectivity index (χ1) is 12.5. The number of carbonyl (C=O) groups is 2. The molecule has 7 nitrogen and oxygen atoms in total. The van der Waals surface area contributed by atoms with E-state index in [2.05, 4.69) is 15.3 Å². The number of para-hydroxylation sites is 1. The summed E-state index contributed by atoms with van der Waals surface area (Å²) >= 11 is 0. The lowest BCUT2D eigenvalue weighted by Crippen LogP contribution is -2.48. The van der Waals surface area contributed by atoms with Gasteiger partial charge >= 0.3 is 0 Å². The van der Waals surface area contributed by atoms with Crippen LogP contribution in [0.4, 0.5) is 20.4 Å². The van der Waals surface area contributed by atoms with Crippen LogP contribution in [0, 0.1) is 11.6 Å². The molecular formula is C17H17F2N5O2. The Morgan fingerprint density at radius 3 is 2.15 bits per heavy atom. The largest absolute Gasteiger partial charge is 0.339 e. The maximum Gasteiger partial charge on any atom is 0.258 e. The van der Waals surface area contributed by atoms with Crippen molar-refractivity contribution in [3.8, 4) is 0 Å². The van der Waals surface area contributed by atoms with Crippen molar-refractivity contribution in [1.29, 1.82) is 0 Å². The Hall–Kier alpha value is -3.10. The SMILES string of the molecule is CC(=O)N1CCN(c2ncc(C(=O)Nc3c(F)cccc3F)cn2)CC1. The quantitative estimate of drug-likeness (QED) is 0.900. The second kappa shape index (κ2) is 7.42. The van der Waals surface area contributed by atoms with E-state index in [-0.39, 0.29) is 11.5 Å². The summed E-state index contributed by atoms with van der Waals surface area (Å²) in [6.45, 7) is 3.86. The second-order valence-corrected chi connectivity index (χ2v) is 5.82. The third kappa shape index (κ3) is 3.76. The predicted molar refractivity (Wildman–Crippen MR) is 90.8 cm³/mol. The smallest absolute Gasteiger partial charge is 0.258 e. The molecule has 9 heteroatoms. The van der Waals surface area contributed by atoms with Crippen LogP contribution >= 0.6 is 0 Å². The van der Waals surface area contributed by atoms with Crippen LogP contribution in [0.1, 0.15) is 17.3 Å². The zero-order valence-corrected chi connectivity index (χ0v) is 14.1. The van der Waals surface area contributed by atoms with Crippen molar-refractivity contribution in [2.75, 3.05) is 36.4 Å². The van der Waals surface area contributed by atoms with Gasteiger partial charge in [-0.1, -0.05) is 6.07 Å². The number of amides is 2. The van der Waals surface area contributed by atoms with Crippen LogP contribution in [0.5, 0.6) is 0 Å². The predicted octanol–water partition coefficient (Wildman–Crippen LogP) is 1.68. The Labute approximate surface area is 148 Å². The van der Waals surface area contributed by atoms with E-state index in [1.807, 2.05) is 4.90 Å². The number of halogens is 2. The molecule has 1 aromatic carbocycles. The minimum Gasteiger partial charge on any atom is -0.339 e. The van der Waals surface area contributed by atoms with Gasteiger partial charge in [-0.2, -0.15) is 0 Å². The number of nitrogens with zero attached hydrogens (tertiary/aromatic N) is 4. The summed E-state index contributed by atoms with van der Waals surface area (Å²) in [6.07, 6.45) is 2.60. The van der Waals surface area contributed by atoms with E-state index in [9.17, 15) is 18.4 Å². The summed E-state index contributed by atoms with van der Waals surface area (Å²) in [5.74, 6) is -1.97. The minimum absolute atomic E-state index is 0.0259. The molecule has 0 spiro atoms. The minimum atomic E-state index is -0.862. The summed E-state index contributed by atoms with van der Waals surface area (Å²) < 4.78 is 27.2. The molecule has 2 amide bonds. The third-order valence-corrected chi connectivity index (χ3v) is 4.11. The molecule has 0 unspecified atom stereocenters. The molecule has 2 aromatic rings. The lowest BCUT2D eigenvalue weighted by atomic mass is 10.2. The van der Waals surface area contributed by atoms with Gasteiger partial charge in [0.1, 0.15) is 17.3 Å². The zero-order valence-electron chi connectivity index (χ0n) is 14.1. The molecule has 0 atom stereocenters. The molecule has 1 saturated heterocycles. The summed E-state index contributed by atoms with van der Waals surface area (Å²) in [5.41, 5.74) is -0.430. The molecule has 1 aromatic heterocycles. The topological polar surface area (TPSA) is 78.4 Å². The highest BCUT2D eigenvalue weighted by atomic mass is 19.1. The maximum atomic E-state index is 13.6. The first-order valence-corrected chi connectivity index (χ1v) is 8.03. The average Bonchev–Trinajstić information content (AvgIpc) is 2.65. The fraction of sp³-hybridized carbons (Fsp3) is 0.294. The standard InChI is InChI=1S/C17H17F2N5O2/c1-11(25)23-5-7-24(8-6-23)17-20-9-12(10-21-17)16(26)22-15-13(18)3-2-4-14(15)19/h2-4,9-10H,5-8H2,1H3,(H,22,26). The van der Waals surface area contributed by atoms with E-state index in [4.69, 9.17) is 0 Å². The van der Waals surface area contributed by atoms with Crippen molar-refractivity contribution in [1.82, 2.24) is 14.9 Å². The van der Waals surface area contributed by atoms with Gasteiger partial charge in [0.25, 0.3) is 5.91 Å². The summed E-state index contributed by atoms with van der Waals surface area (Å²) in [6, 6.07) is 3.32. The van der Waals surface area contributed by atoms with E-state index in [0.717, 1.165) is 12.1 Å². The normalized spacial score (nSPS) is 14.3. The van der Waals surface area contributed by atoms with Crippen molar-refractivity contribution in [3.63, 3.8) is 0 Å². The van der Waals surface area contributed by atoms with Crippen molar-refractivity contribution in [2.45, 2.75) is 6.92 Å². The number of aromatic nitrogens is 2. The fourth-order valence-electron chi connectivity index (χ4n) is 2.63. The summed E-state index contributed by atoms with van der Waals surface area (Å²) in [5, 5.41) is 2.19. The molecule has 1 aliphatic heterocycles. The van der Waals surface area contributed by atoms with Crippen LogP contribution in [-0.2, 0) is 4.79 Å². The molecule has 136 valence electrons. The van der Waals surface area contributed by atoms with Gasteiger partial charge in [0.2, 0.25) is 11.9 Å². The number of piperazine rings is 1. The van der Waals surface area contributed by atoms with Crippen molar-refractivity contribution < 1.29 is 18.4 Å². The Morgan fingerprint density at radius 1 is 1.04 bits per heavy atom. The monoisotopic (exact) mass is 361 g/mol. The van der Waals surface area contributed by atoms with E-state index in [0.29, 0.717) is 32.1 Å². The molecule has 3 rings (SSSR count). The van der Waals surface area contributed by atoms with E-state index >= 15 is 0 Å². The van der Waals surface area contributed by atoms with Crippen molar-refractivity contribution in [2.24, 2.45) is 0 Å². The molecule has 0 radical (unpaired) electrons. The lowest BCUT2D eigenvalue weighted by molar-refractivity contribution is -0.129. The number of hydrogen-bond donors (Lipinski definition) is 1. The Morgan fingerprint density at radius 2 is 1.62 bits per heavy atom. The number of rotatable bonds is 3. The van der Waals surface area contributed by atoms with Gasteiger partial charge < -0.3 is 15.1 Å². The molecule has 2 heterocycles. The molecule has 1 aliphatic rings. The van der Waals surface area contributed by atoms with Crippen LogP contribution in [-0.4, -0.2) is 52.9 Å². The number of nitrogens with one attached hydrogen (secondary N) is 1. The zero-order chi connectivity index (χ0) is 18.7. The van der Waals surface area contributed by atoms with Crippen LogP contribution < -0.4 is 10.2 Å². The first kappa shape index (κ1) is 17.7. The second-order valence-electron chi connectivity index (χ2n) is 5.82. The van der Waals surface area contributed by atoms with Gasteiger partial charge in [-0.15, -0.1) is 0 Å².